The second kappa shape index (κ2) is 8.90. The lowest BCUT2D eigenvalue weighted by atomic mass is 9.99. The SMILES string of the molecule is CCNC(=NCc1ccn[nH]1)N1CCC(c2ccccc2)C1.I. The number of halogens is 1. The number of benzene rings is 1. The minimum atomic E-state index is 0. The van der Waals surface area contributed by atoms with Gasteiger partial charge in [0, 0.05) is 31.7 Å². The molecule has 23 heavy (non-hydrogen) atoms. The normalized spacial score (nSPS) is 17.9. The van der Waals surface area contributed by atoms with Crippen LogP contribution in [-0.2, 0) is 6.54 Å². The van der Waals surface area contributed by atoms with Crippen LogP contribution in [0.4, 0.5) is 0 Å². The number of H-pyrrole nitrogens is 1. The zero-order valence-electron chi connectivity index (χ0n) is 13.4. The maximum Gasteiger partial charge on any atom is 0.194 e. The van der Waals surface area contributed by atoms with E-state index in [2.05, 4.69) is 57.7 Å². The van der Waals surface area contributed by atoms with Crippen molar-refractivity contribution in [1.82, 2.24) is 20.4 Å². The molecule has 6 heteroatoms. The highest BCUT2D eigenvalue weighted by atomic mass is 127. The van der Waals surface area contributed by atoms with Gasteiger partial charge < -0.3 is 10.2 Å². The molecule has 1 aromatic carbocycles. The van der Waals surface area contributed by atoms with Crippen LogP contribution in [0.2, 0.25) is 0 Å². The Bertz CT molecular complexity index is 597. The summed E-state index contributed by atoms with van der Waals surface area (Å²) in [7, 11) is 0. The monoisotopic (exact) mass is 425 g/mol. The Morgan fingerprint density at radius 2 is 2.17 bits per heavy atom. The average molecular weight is 425 g/mol. The van der Waals surface area contributed by atoms with Gasteiger partial charge in [0.25, 0.3) is 0 Å². The summed E-state index contributed by atoms with van der Waals surface area (Å²) in [5, 5.41) is 10.3. The van der Waals surface area contributed by atoms with Gasteiger partial charge in [-0.25, -0.2) is 4.99 Å². The zero-order chi connectivity index (χ0) is 15.2. The first kappa shape index (κ1) is 17.8. The summed E-state index contributed by atoms with van der Waals surface area (Å²) < 4.78 is 0. The molecule has 2 N–H and O–H groups in total. The molecule has 124 valence electrons. The highest BCUT2D eigenvalue weighted by Gasteiger charge is 2.25. The molecule has 0 bridgehead atoms. The van der Waals surface area contributed by atoms with Gasteiger partial charge >= 0.3 is 0 Å². The van der Waals surface area contributed by atoms with E-state index in [4.69, 9.17) is 4.99 Å². The molecule has 0 amide bonds. The number of hydrogen-bond acceptors (Lipinski definition) is 2. The van der Waals surface area contributed by atoms with Gasteiger partial charge in [-0.3, -0.25) is 5.10 Å². The first-order valence-corrected chi connectivity index (χ1v) is 7.93. The van der Waals surface area contributed by atoms with Crippen LogP contribution in [0.1, 0.15) is 30.5 Å². The van der Waals surface area contributed by atoms with Crippen molar-refractivity contribution in [3.63, 3.8) is 0 Å². The Morgan fingerprint density at radius 1 is 1.35 bits per heavy atom. The summed E-state index contributed by atoms with van der Waals surface area (Å²) in [6.07, 6.45) is 2.94. The molecule has 0 radical (unpaired) electrons. The lowest BCUT2D eigenvalue weighted by Crippen LogP contribution is -2.40. The van der Waals surface area contributed by atoms with Crippen LogP contribution in [0.3, 0.4) is 0 Å². The molecule has 5 nitrogen and oxygen atoms in total. The van der Waals surface area contributed by atoms with Gasteiger partial charge in [-0.2, -0.15) is 5.10 Å². The molecule has 1 fully saturated rings. The molecule has 1 unspecified atom stereocenters. The van der Waals surface area contributed by atoms with Gasteiger partial charge in [-0.05, 0) is 25.0 Å². The van der Waals surface area contributed by atoms with Gasteiger partial charge in [-0.1, -0.05) is 30.3 Å². The Kier molecular flexibility index (Phi) is 6.88. The number of nitrogens with zero attached hydrogens (tertiary/aromatic N) is 3. The first-order chi connectivity index (χ1) is 10.9. The fourth-order valence-corrected chi connectivity index (χ4v) is 2.91. The van der Waals surface area contributed by atoms with E-state index in [-0.39, 0.29) is 24.0 Å². The van der Waals surface area contributed by atoms with E-state index in [9.17, 15) is 0 Å². The van der Waals surface area contributed by atoms with Crippen molar-refractivity contribution in [2.24, 2.45) is 4.99 Å². The molecule has 1 aromatic heterocycles. The predicted octanol–water partition coefficient (Wildman–Crippen LogP) is 2.98. The third-order valence-electron chi connectivity index (χ3n) is 4.05. The standard InChI is InChI=1S/C17H23N5.HI/c1-2-18-17(19-12-16-8-10-20-21-16)22-11-9-15(13-22)14-6-4-3-5-7-14;/h3-8,10,15H,2,9,11-13H2,1H3,(H,18,19)(H,20,21);1H. The summed E-state index contributed by atoms with van der Waals surface area (Å²) in [6.45, 7) is 5.70. The molecule has 0 aliphatic carbocycles. The van der Waals surface area contributed by atoms with Crippen molar-refractivity contribution in [3.8, 4) is 0 Å². The average Bonchev–Trinajstić information content (AvgIpc) is 3.24. The van der Waals surface area contributed by atoms with Crippen LogP contribution in [-0.4, -0.2) is 40.7 Å². The van der Waals surface area contributed by atoms with Crippen LogP contribution >= 0.6 is 24.0 Å². The number of nitrogens with one attached hydrogen (secondary N) is 2. The molecule has 1 aliphatic heterocycles. The number of likely N-dealkylation sites (tertiary alicyclic amines) is 1. The van der Waals surface area contributed by atoms with Crippen molar-refractivity contribution >= 4 is 29.9 Å². The Balaban J connectivity index is 0.00000192. The van der Waals surface area contributed by atoms with Crippen LogP contribution in [0.5, 0.6) is 0 Å². The fraction of sp³-hybridized carbons (Fsp3) is 0.412. The second-order valence-corrected chi connectivity index (χ2v) is 5.59. The second-order valence-electron chi connectivity index (χ2n) is 5.59. The van der Waals surface area contributed by atoms with E-state index in [1.54, 1.807) is 6.20 Å². The fourth-order valence-electron chi connectivity index (χ4n) is 2.91. The summed E-state index contributed by atoms with van der Waals surface area (Å²) in [6, 6.07) is 12.7. The Hall–Kier alpha value is -1.57. The summed E-state index contributed by atoms with van der Waals surface area (Å²) in [4.78, 5) is 7.08. The van der Waals surface area contributed by atoms with Gasteiger partial charge in [0.1, 0.15) is 0 Å². The largest absolute Gasteiger partial charge is 0.357 e. The molecule has 1 atom stereocenters. The van der Waals surface area contributed by atoms with Crippen molar-refractivity contribution in [3.05, 3.63) is 53.9 Å². The van der Waals surface area contributed by atoms with Crippen molar-refractivity contribution in [2.75, 3.05) is 19.6 Å². The summed E-state index contributed by atoms with van der Waals surface area (Å²) in [5.74, 6) is 1.59. The number of guanidine groups is 1. The van der Waals surface area contributed by atoms with Gasteiger partial charge in [0.15, 0.2) is 5.96 Å². The lowest BCUT2D eigenvalue weighted by Gasteiger charge is -2.21. The minimum absolute atomic E-state index is 0. The van der Waals surface area contributed by atoms with Crippen LogP contribution in [0.25, 0.3) is 0 Å². The molecular weight excluding hydrogens is 401 g/mol. The highest BCUT2D eigenvalue weighted by molar-refractivity contribution is 14.0. The summed E-state index contributed by atoms with van der Waals surface area (Å²) >= 11 is 0. The number of aliphatic imine (C=N–C) groups is 1. The van der Waals surface area contributed by atoms with Crippen molar-refractivity contribution in [2.45, 2.75) is 25.8 Å². The van der Waals surface area contributed by atoms with E-state index in [1.807, 2.05) is 6.07 Å². The number of aromatic amines is 1. The van der Waals surface area contributed by atoms with Gasteiger partial charge in [-0.15, -0.1) is 24.0 Å². The Labute approximate surface area is 154 Å². The summed E-state index contributed by atoms with van der Waals surface area (Å²) in [5.41, 5.74) is 2.46. The van der Waals surface area contributed by atoms with Crippen LogP contribution < -0.4 is 5.32 Å². The van der Waals surface area contributed by atoms with E-state index in [0.29, 0.717) is 12.5 Å². The highest BCUT2D eigenvalue weighted by Crippen LogP contribution is 2.26. The molecule has 2 heterocycles. The quantitative estimate of drug-likeness (QED) is 0.450. The van der Waals surface area contributed by atoms with Gasteiger partial charge in [0.05, 0.1) is 12.2 Å². The van der Waals surface area contributed by atoms with Gasteiger partial charge in [0.2, 0.25) is 0 Å². The number of aromatic nitrogens is 2. The molecule has 2 aromatic rings. The third-order valence-corrected chi connectivity index (χ3v) is 4.05. The van der Waals surface area contributed by atoms with Crippen molar-refractivity contribution < 1.29 is 0 Å². The molecular formula is C17H24IN5. The molecule has 0 saturated carbocycles. The van der Waals surface area contributed by atoms with E-state index < -0.39 is 0 Å². The lowest BCUT2D eigenvalue weighted by molar-refractivity contribution is 0.486. The maximum atomic E-state index is 4.73. The topological polar surface area (TPSA) is 56.3 Å². The number of hydrogen-bond donors (Lipinski definition) is 2. The molecule has 3 rings (SSSR count). The Morgan fingerprint density at radius 3 is 2.87 bits per heavy atom. The zero-order valence-corrected chi connectivity index (χ0v) is 15.7. The predicted molar refractivity (Wildman–Crippen MR) is 104 cm³/mol. The third kappa shape index (κ3) is 4.70. The smallest absolute Gasteiger partial charge is 0.194 e. The molecule has 0 spiro atoms. The number of rotatable bonds is 4. The van der Waals surface area contributed by atoms with Crippen molar-refractivity contribution in [1.29, 1.82) is 0 Å². The van der Waals surface area contributed by atoms with E-state index in [0.717, 1.165) is 31.3 Å². The van der Waals surface area contributed by atoms with E-state index >= 15 is 0 Å². The van der Waals surface area contributed by atoms with Crippen LogP contribution in [0.15, 0.2) is 47.6 Å². The molecule has 1 aliphatic rings. The van der Waals surface area contributed by atoms with Crippen LogP contribution in [0, 0.1) is 0 Å². The minimum Gasteiger partial charge on any atom is -0.357 e. The maximum absolute atomic E-state index is 4.73. The van der Waals surface area contributed by atoms with E-state index in [1.165, 1.54) is 12.0 Å². The first-order valence-electron chi connectivity index (χ1n) is 7.93. The molecule has 1 saturated heterocycles.